The predicted molar refractivity (Wildman–Crippen MR) is 74.0 cm³/mol. The molecule has 0 atom stereocenters. The third-order valence-corrected chi connectivity index (χ3v) is 2.91. The minimum Gasteiger partial charge on any atom is -0.492 e. The molecule has 3 N–H and O–H groups in total. The van der Waals surface area contributed by atoms with Gasteiger partial charge < -0.3 is 20.4 Å². The number of anilines is 1. The zero-order valence-electron chi connectivity index (χ0n) is 11.1. The van der Waals surface area contributed by atoms with Crippen molar-refractivity contribution in [2.75, 3.05) is 19.4 Å². The number of aromatic nitrogens is 2. The minimum atomic E-state index is -0.0257. The number of fused-ring (bicyclic) bond motifs is 1. The van der Waals surface area contributed by atoms with Crippen molar-refractivity contribution < 1.29 is 9.53 Å². The lowest BCUT2D eigenvalue weighted by molar-refractivity contribution is -0.120. The van der Waals surface area contributed by atoms with E-state index in [4.69, 9.17) is 10.5 Å². The Balaban J connectivity index is 2.36. The van der Waals surface area contributed by atoms with E-state index in [2.05, 4.69) is 10.3 Å². The number of imidazole rings is 1. The Bertz CT molecular complexity index is 592. The van der Waals surface area contributed by atoms with Crippen LogP contribution >= 0.6 is 0 Å². The van der Waals surface area contributed by atoms with Gasteiger partial charge in [0.25, 0.3) is 0 Å². The first-order chi connectivity index (χ1) is 9.17. The van der Waals surface area contributed by atoms with Crippen molar-refractivity contribution in [1.82, 2.24) is 14.9 Å². The molecule has 0 bridgehead atoms. The molecule has 6 nitrogen and oxygen atoms in total. The Morgan fingerprint density at radius 1 is 1.53 bits per heavy atom. The van der Waals surface area contributed by atoms with Gasteiger partial charge in [0.05, 0.1) is 12.1 Å². The molecule has 2 aromatic rings. The monoisotopic (exact) mass is 262 g/mol. The highest BCUT2D eigenvalue weighted by Crippen LogP contribution is 2.27. The predicted octanol–water partition coefficient (Wildman–Crippen LogP) is 1.15. The summed E-state index contributed by atoms with van der Waals surface area (Å²) in [6.07, 6.45) is 0.366. The quantitative estimate of drug-likeness (QED) is 0.847. The first-order valence-electron chi connectivity index (χ1n) is 6.25. The number of nitrogens with two attached hydrogens (primary N) is 1. The van der Waals surface area contributed by atoms with Crippen molar-refractivity contribution in [2.45, 2.75) is 19.9 Å². The lowest BCUT2D eigenvalue weighted by atomic mass is 10.3. The molecule has 1 amide bonds. The van der Waals surface area contributed by atoms with E-state index >= 15 is 0 Å². The normalized spacial score (nSPS) is 10.6. The summed E-state index contributed by atoms with van der Waals surface area (Å²) in [6, 6.07) is 5.68. The van der Waals surface area contributed by atoms with E-state index in [9.17, 15) is 4.79 Å². The van der Waals surface area contributed by atoms with Gasteiger partial charge in [-0.2, -0.15) is 0 Å². The standard InChI is InChI=1S/C13H18N4O2/c1-3-19-10-6-4-5-9-12(10)16-13(14)17(9)8-7-11(18)15-2/h4-6H,3,7-8H2,1-2H3,(H2,14,16)(H,15,18). The van der Waals surface area contributed by atoms with Gasteiger partial charge in [-0.05, 0) is 19.1 Å². The van der Waals surface area contributed by atoms with Gasteiger partial charge in [-0.3, -0.25) is 4.79 Å². The zero-order valence-corrected chi connectivity index (χ0v) is 11.1. The number of para-hydroxylation sites is 1. The number of benzene rings is 1. The zero-order chi connectivity index (χ0) is 13.8. The van der Waals surface area contributed by atoms with Gasteiger partial charge in [-0.15, -0.1) is 0 Å². The molecule has 102 valence electrons. The molecule has 0 aliphatic rings. The molecule has 0 saturated carbocycles. The number of hydrogen-bond donors (Lipinski definition) is 2. The number of carbonyl (C=O) groups excluding carboxylic acids is 1. The summed E-state index contributed by atoms with van der Waals surface area (Å²) < 4.78 is 7.35. The highest BCUT2D eigenvalue weighted by molar-refractivity contribution is 5.84. The molecule has 1 heterocycles. The summed E-state index contributed by atoms with van der Waals surface area (Å²) in [4.78, 5) is 15.6. The third kappa shape index (κ3) is 2.62. The molecule has 1 aromatic heterocycles. The van der Waals surface area contributed by atoms with Crippen LogP contribution < -0.4 is 15.8 Å². The maximum Gasteiger partial charge on any atom is 0.221 e. The van der Waals surface area contributed by atoms with E-state index in [0.717, 1.165) is 11.0 Å². The molecule has 0 aliphatic heterocycles. The molecule has 6 heteroatoms. The first kappa shape index (κ1) is 13.2. The van der Waals surface area contributed by atoms with Gasteiger partial charge in [-0.1, -0.05) is 6.07 Å². The Morgan fingerprint density at radius 3 is 3.00 bits per heavy atom. The molecule has 2 rings (SSSR count). The fraction of sp³-hybridized carbons (Fsp3) is 0.385. The van der Waals surface area contributed by atoms with Crippen LogP contribution in [-0.2, 0) is 11.3 Å². The number of aryl methyl sites for hydroxylation is 1. The van der Waals surface area contributed by atoms with Crippen molar-refractivity contribution >= 4 is 22.9 Å². The van der Waals surface area contributed by atoms with Crippen molar-refractivity contribution in [3.8, 4) is 5.75 Å². The highest BCUT2D eigenvalue weighted by Gasteiger charge is 2.12. The summed E-state index contributed by atoms with van der Waals surface area (Å²) in [7, 11) is 1.62. The van der Waals surface area contributed by atoms with E-state index in [1.54, 1.807) is 7.05 Å². The van der Waals surface area contributed by atoms with Gasteiger partial charge in [0.15, 0.2) is 0 Å². The molecule has 0 aliphatic carbocycles. The van der Waals surface area contributed by atoms with Gasteiger partial charge >= 0.3 is 0 Å². The number of amides is 1. The number of ether oxygens (including phenoxy) is 1. The second kappa shape index (κ2) is 5.60. The number of nitrogens with zero attached hydrogens (tertiary/aromatic N) is 2. The first-order valence-corrected chi connectivity index (χ1v) is 6.25. The molecular formula is C13H18N4O2. The van der Waals surface area contributed by atoms with E-state index in [-0.39, 0.29) is 5.91 Å². The van der Waals surface area contributed by atoms with Crippen molar-refractivity contribution in [3.05, 3.63) is 18.2 Å². The lowest BCUT2D eigenvalue weighted by Crippen LogP contribution is -2.19. The molecule has 0 radical (unpaired) electrons. The number of hydrogen-bond acceptors (Lipinski definition) is 4. The average molecular weight is 262 g/mol. The fourth-order valence-electron chi connectivity index (χ4n) is 1.98. The topological polar surface area (TPSA) is 82.2 Å². The lowest BCUT2D eigenvalue weighted by Gasteiger charge is -2.06. The molecular weight excluding hydrogens is 244 g/mol. The summed E-state index contributed by atoms with van der Waals surface area (Å²) in [6.45, 7) is 2.99. The Labute approximate surface area is 111 Å². The minimum absolute atomic E-state index is 0.0257. The Hall–Kier alpha value is -2.24. The largest absolute Gasteiger partial charge is 0.492 e. The SMILES string of the molecule is CCOc1cccc2c1nc(N)n2CCC(=O)NC. The molecule has 0 saturated heterocycles. The van der Waals surface area contributed by atoms with Gasteiger partial charge in [0.1, 0.15) is 11.3 Å². The van der Waals surface area contributed by atoms with Crippen molar-refractivity contribution in [2.24, 2.45) is 0 Å². The second-order valence-corrected chi connectivity index (χ2v) is 4.10. The summed E-state index contributed by atoms with van der Waals surface area (Å²) in [5, 5.41) is 2.59. The van der Waals surface area contributed by atoms with E-state index in [0.29, 0.717) is 31.3 Å². The molecule has 1 aromatic carbocycles. The van der Waals surface area contributed by atoms with Gasteiger partial charge in [0, 0.05) is 20.0 Å². The van der Waals surface area contributed by atoms with E-state index < -0.39 is 0 Å². The van der Waals surface area contributed by atoms with Crippen LogP contribution in [0.1, 0.15) is 13.3 Å². The summed E-state index contributed by atoms with van der Waals surface area (Å²) >= 11 is 0. The molecule has 0 fully saturated rings. The fourth-order valence-corrected chi connectivity index (χ4v) is 1.98. The highest BCUT2D eigenvalue weighted by atomic mass is 16.5. The smallest absolute Gasteiger partial charge is 0.221 e. The van der Waals surface area contributed by atoms with Crippen LogP contribution in [-0.4, -0.2) is 29.1 Å². The number of nitrogens with one attached hydrogen (secondary N) is 1. The molecule has 0 spiro atoms. The van der Waals surface area contributed by atoms with Crippen LogP contribution in [0.25, 0.3) is 11.0 Å². The van der Waals surface area contributed by atoms with Crippen LogP contribution in [0.15, 0.2) is 18.2 Å². The number of carbonyl (C=O) groups is 1. The number of rotatable bonds is 5. The summed E-state index contributed by atoms with van der Waals surface area (Å²) in [5.74, 6) is 1.08. The van der Waals surface area contributed by atoms with Crippen LogP contribution in [0, 0.1) is 0 Å². The number of nitrogen functional groups attached to an aromatic ring is 1. The maximum absolute atomic E-state index is 11.3. The van der Waals surface area contributed by atoms with Crippen molar-refractivity contribution in [1.29, 1.82) is 0 Å². The van der Waals surface area contributed by atoms with Gasteiger partial charge in [0.2, 0.25) is 11.9 Å². The maximum atomic E-state index is 11.3. The van der Waals surface area contributed by atoms with E-state index in [1.807, 2.05) is 29.7 Å². The van der Waals surface area contributed by atoms with Crippen LogP contribution in [0.4, 0.5) is 5.95 Å². The second-order valence-electron chi connectivity index (χ2n) is 4.10. The Morgan fingerprint density at radius 2 is 2.32 bits per heavy atom. The van der Waals surface area contributed by atoms with Crippen molar-refractivity contribution in [3.63, 3.8) is 0 Å². The van der Waals surface area contributed by atoms with E-state index in [1.165, 1.54) is 0 Å². The molecule has 0 unspecified atom stereocenters. The van der Waals surface area contributed by atoms with Gasteiger partial charge in [-0.25, -0.2) is 4.98 Å². The summed E-state index contributed by atoms with van der Waals surface area (Å²) in [5.41, 5.74) is 7.53. The van der Waals surface area contributed by atoms with Crippen LogP contribution in [0.2, 0.25) is 0 Å². The third-order valence-electron chi connectivity index (χ3n) is 2.91. The van der Waals surface area contributed by atoms with Crippen LogP contribution in [0.5, 0.6) is 5.75 Å². The van der Waals surface area contributed by atoms with Crippen LogP contribution in [0.3, 0.4) is 0 Å². The Kier molecular flexibility index (Phi) is 3.89. The average Bonchev–Trinajstić information content (AvgIpc) is 2.73. The molecule has 19 heavy (non-hydrogen) atoms.